The molecule has 0 saturated heterocycles. The van der Waals surface area contributed by atoms with E-state index in [0.717, 1.165) is 0 Å². The third-order valence-corrected chi connectivity index (χ3v) is 5.62. The maximum Gasteiger partial charge on any atom is 0.331 e. The van der Waals surface area contributed by atoms with E-state index in [9.17, 15) is 4.79 Å². The number of aliphatic carboxylic acids is 1. The molecule has 0 rings (SSSR count). The lowest BCUT2D eigenvalue weighted by molar-refractivity contribution is -0.135. The molecule has 7 heteroatoms. The van der Waals surface area contributed by atoms with Crippen LogP contribution in [0, 0.1) is 0 Å². The van der Waals surface area contributed by atoms with E-state index in [1.807, 2.05) is 0 Å². The molecule has 0 heterocycles. The van der Waals surface area contributed by atoms with Gasteiger partial charge >= 0.3 is 5.97 Å². The molecule has 0 aromatic carbocycles. The number of hydrogen-bond donors (Lipinski definition) is 1. The Labute approximate surface area is 74.6 Å². The molecule has 0 aliphatic rings. The molecule has 0 saturated carbocycles. The molecule has 1 unspecified atom stereocenters. The van der Waals surface area contributed by atoms with Crippen LogP contribution in [0.25, 0.3) is 0 Å². The number of carbonyl (C=O) groups is 1. The first-order valence-electron chi connectivity index (χ1n) is 2.56. The largest absolute Gasteiger partial charge is 0.480 e. The van der Waals surface area contributed by atoms with Gasteiger partial charge in [-0.25, -0.2) is 0 Å². The van der Waals surface area contributed by atoms with E-state index in [-0.39, 0.29) is 0 Å². The second kappa shape index (κ2) is 4.38. The van der Waals surface area contributed by atoms with Crippen LogP contribution in [-0.2, 0) is 25.6 Å². The first-order valence-corrected chi connectivity index (χ1v) is 5.70. The standard InChI is InChI=1S/C4H8ClO4PS/c1-8-10(11,9-2)3(5)4(6)7/h3H,1-2H3,(H,6,7). The predicted octanol–water partition coefficient (Wildman–Crippen LogP) is 1.24. The molecule has 0 fully saturated rings. The SMILES string of the molecule is COP(=S)(OC)C(Cl)C(=O)O. The quantitative estimate of drug-likeness (QED) is 0.568. The van der Waals surface area contributed by atoms with Crippen molar-refractivity contribution in [3.05, 3.63) is 0 Å². The van der Waals surface area contributed by atoms with E-state index in [4.69, 9.17) is 37.6 Å². The molecular weight excluding hydrogens is 211 g/mol. The third kappa shape index (κ3) is 2.69. The fourth-order valence-corrected chi connectivity index (χ4v) is 1.93. The highest BCUT2D eigenvalue weighted by molar-refractivity contribution is 8.11. The van der Waals surface area contributed by atoms with Crippen molar-refractivity contribution in [2.45, 2.75) is 5.12 Å². The maximum absolute atomic E-state index is 10.3. The van der Waals surface area contributed by atoms with Gasteiger partial charge in [0.25, 0.3) is 0 Å². The summed E-state index contributed by atoms with van der Waals surface area (Å²) >= 11 is 10.2. The van der Waals surface area contributed by atoms with Crippen molar-refractivity contribution in [1.29, 1.82) is 0 Å². The zero-order chi connectivity index (χ0) is 9.07. The molecule has 0 aromatic rings. The van der Waals surface area contributed by atoms with E-state index < -0.39 is 17.6 Å². The molecule has 1 atom stereocenters. The highest BCUT2D eigenvalue weighted by atomic mass is 35.5. The summed E-state index contributed by atoms with van der Waals surface area (Å²) in [6.07, 6.45) is 0. The van der Waals surface area contributed by atoms with E-state index in [1.54, 1.807) is 0 Å². The van der Waals surface area contributed by atoms with E-state index in [0.29, 0.717) is 0 Å². The van der Waals surface area contributed by atoms with Crippen LogP contribution in [-0.4, -0.2) is 30.4 Å². The fourth-order valence-electron chi connectivity index (χ4n) is 0.395. The number of rotatable bonds is 4. The first kappa shape index (κ1) is 11.3. The van der Waals surface area contributed by atoms with E-state index in [2.05, 4.69) is 0 Å². The Balaban J connectivity index is 4.51. The second-order valence-electron chi connectivity index (χ2n) is 1.58. The van der Waals surface area contributed by atoms with Crippen molar-refractivity contribution in [2.24, 2.45) is 0 Å². The van der Waals surface area contributed by atoms with Gasteiger partial charge in [-0.1, -0.05) is 11.6 Å². The lowest BCUT2D eigenvalue weighted by Gasteiger charge is -2.19. The monoisotopic (exact) mass is 218 g/mol. The fraction of sp³-hybridized carbons (Fsp3) is 0.750. The van der Waals surface area contributed by atoms with Gasteiger partial charge in [0.2, 0.25) is 11.6 Å². The zero-order valence-corrected chi connectivity index (χ0v) is 8.45. The van der Waals surface area contributed by atoms with Gasteiger partial charge in [-0.3, -0.25) is 4.79 Å². The third-order valence-electron chi connectivity index (χ3n) is 0.990. The Kier molecular flexibility index (Phi) is 4.51. The lowest BCUT2D eigenvalue weighted by atomic mass is 10.8. The van der Waals surface area contributed by atoms with Gasteiger partial charge in [-0.2, -0.15) is 0 Å². The summed E-state index contributed by atoms with van der Waals surface area (Å²) in [6, 6.07) is 0. The smallest absolute Gasteiger partial charge is 0.331 e. The van der Waals surface area contributed by atoms with Crippen LogP contribution >= 0.6 is 18.1 Å². The van der Waals surface area contributed by atoms with Crippen LogP contribution in [0.2, 0.25) is 0 Å². The van der Waals surface area contributed by atoms with E-state index in [1.165, 1.54) is 14.2 Å². The van der Waals surface area contributed by atoms with Gasteiger partial charge in [-0.05, 0) is 11.8 Å². The number of halogens is 1. The molecule has 11 heavy (non-hydrogen) atoms. The molecule has 0 spiro atoms. The van der Waals surface area contributed by atoms with Crippen LogP contribution < -0.4 is 0 Å². The van der Waals surface area contributed by atoms with Crippen molar-refractivity contribution in [2.75, 3.05) is 14.2 Å². The van der Waals surface area contributed by atoms with Crippen LogP contribution in [0.4, 0.5) is 0 Å². The Morgan fingerprint density at radius 3 is 2.09 bits per heavy atom. The first-order chi connectivity index (χ1) is 4.98. The number of hydrogen-bond acceptors (Lipinski definition) is 4. The highest BCUT2D eigenvalue weighted by Crippen LogP contribution is 2.53. The second-order valence-corrected chi connectivity index (χ2v) is 6.17. The van der Waals surface area contributed by atoms with Gasteiger partial charge in [0.15, 0.2) is 0 Å². The van der Waals surface area contributed by atoms with Crippen molar-refractivity contribution in [1.82, 2.24) is 0 Å². The van der Waals surface area contributed by atoms with Gasteiger partial charge < -0.3 is 14.2 Å². The Morgan fingerprint density at radius 2 is 2.00 bits per heavy atom. The molecule has 0 amide bonds. The Morgan fingerprint density at radius 1 is 1.64 bits per heavy atom. The molecule has 0 aromatic heterocycles. The highest BCUT2D eigenvalue weighted by Gasteiger charge is 2.33. The van der Waals surface area contributed by atoms with Crippen molar-refractivity contribution >= 4 is 35.9 Å². The van der Waals surface area contributed by atoms with Crippen LogP contribution in [0.15, 0.2) is 0 Å². The van der Waals surface area contributed by atoms with Gasteiger partial charge in [0, 0.05) is 14.2 Å². The number of carboxylic acids is 1. The molecular formula is C4H8ClO4PS. The van der Waals surface area contributed by atoms with Gasteiger partial charge in [0.05, 0.1) is 0 Å². The van der Waals surface area contributed by atoms with Crippen molar-refractivity contribution < 1.29 is 18.9 Å². The summed E-state index contributed by atoms with van der Waals surface area (Å²) in [7, 11) is 2.56. The van der Waals surface area contributed by atoms with Crippen LogP contribution in [0.5, 0.6) is 0 Å². The Hall–Kier alpha value is 0.330. The molecule has 0 bridgehead atoms. The molecule has 0 aliphatic heterocycles. The summed E-state index contributed by atoms with van der Waals surface area (Å²) in [5.74, 6) is -1.22. The Bertz CT molecular complexity index is 189. The summed E-state index contributed by atoms with van der Waals surface area (Å²) in [5, 5.41) is 7.16. The molecule has 1 N–H and O–H groups in total. The normalized spacial score (nSPS) is 14.5. The summed E-state index contributed by atoms with van der Waals surface area (Å²) in [4.78, 5) is 10.3. The molecule has 0 aliphatic carbocycles. The van der Waals surface area contributed by atoms with Crippen molar-refractivity contribution in [3.8, 4) is 0 Å². The summed E-state index contributed by atoms with van der Waals surface area (Å²) < 4.78 is 9.40. The maximum atomic E-state index is 10.3. The minimum absolute atomic E-state index is 1.22. The van der Waals surface area contributed by atoms with Crippen LogP contribution in [0.1, 0.15) is 0 Å². The molecule has 66 valence electrons. The lowest BCUT2D eigenvalue weighted by Crippen LogP contribution is -2.15. The van der Waals surface area contributed by atoms with Crippen LogP contribution in [0.3, 0.4) is 0 Å². The summed E-state index contributed by atoms with van der Waals surface area (Å²) in [6.45, 7) is -2.83. The molecule has 0 radical (unpaired) electrons. The average Bonchev–Trinajstić information content (AvgIpc) is 2.01. The van der Waals surface area contributed by atoms with E-state index >= 15 is 0 Å². The van der Waals surface area contributed by atoms with Crippen molar-refractivity contribution in [3.63, 3.8) is 0 Å². The number of alkyl halides is 1. The minimum atomic E-state index is -2.83. The zero-order valence-electron chi connectivity index (χ0n) is 5.98. The number of carboxylic acid groups (broad SMARTS) is 1. The predicted molar refractivity (Wildman–Crippen MR) is 45.6 cm³/mol. The minimum Gasteiger partial charge on any atom is -0.480 e. The van der Waals surface area contributed by atoms with Gasteiger partial charge in [0.1, 0.15) is 0 Å². The topological polar surface area (TPSA) is 55.8 Å². The average molecular weight is 219 g/mol. The summed E-state index contributed by atoms with van der Waals surface area (Å²) in [5.41, 5.74) is 0. The molecule has 4 nitrogen and oxygen atoms in total. The van der Waals surface area contributed by atoms with Gasteiger partial charge in [-0.15, -0.1) is 0 Å².